The highest BCUT2D eigenvalue weighted by atomic mass is 16.4. The molecule has 3 heterocycles. The van der Waals surface area contributed by atoms with E-state index in [0.29, 0.717) is 37.3 Å². The number of hydrogen-bond donors (Lipinski definition) is 3. The van der Waals surface area contributed by atoms with Crippen molar-refractivity contribution in [3.63, 3.8) is 0 Å². The van der Waals surface area contributed by atoms with E-state index in [9.17, 15) is 15.0 Å². The quantitative estimate of drug-likeness (QED) is 0.620. The molecular weight excluding hydrogens is 372 g/mol. The third-order valence-electron chi connectivity index (χ3n) is 5.17. The SMILES string of the molecule is O=C(c1c(O)ccc2c(O)c(C=C3N=Nc4ccccc43)oc12)N1CCNCC1. The van der Waals surface area contributed by atoms with Crippen LogP contribution in [0.5, 0.6) is 11.5 Å². The maximum absolute atomic E-state index is 13.0. The monoisotopic (exact) mass is 390 g/mol. The summed E-state index contributed by atoms with van der Waals surface area (Å²) >= 11 is 0. The van der Waals surface area contributed by atoms with E-state index in [1.165, 1.54) is 12.1 Å². The van der Waals surface area contributed by atoms with Crippen molar-refractivity contribution in [2.24, 2.45) is 10.2 Å². The van der Waals surface area contributed by atoms with Crippen molar-refractivity contribution < 1.29 is 19.4 Å². The molecule has 0 aliphatic carbocycles. The number of phenolic OH excluding ortho intramolecular Hbond substituents is 1. The molecule has 146 valence electrons. The Morgan fingerprint density at radius 2 is 1.90 bits per heavy atom. The van der Waals surface area contributed by atoms with E-state index in [-0.39, 0.29) is 34.3 Å². The summed E-state index contributed by atoms with van der Waals surface area (Å²) in [5.74, 6) is -0.458. The van der Waals surface area contributed by atoms with E-state index in [1.807, 2.05) is 24.3 Å². The van der Waals surface area contributed by atoms with Gasteiger partial charge in [-0.1, -0.05) is 18.2 Å². The van der Waals surface area contributed by atoms with Crippen LogP contribution in [-0.2, 0) is 0 Å². The number of furan rings is 1. The van der Waals surface area contributed by atoms with Gasteiger partial charge in [0.2, 0.25) is 0 Å². The second-order valence-electron chi connectivity index (χ2n) is 6.94. The molecule has 2 aliphatic rings. The lowest BCUT2D eigenvalue weighted by Gasteiger charge is -2.27. The van der Waals surface area contributed by atoms with Crippen molar-refractivity contribution in [3.8, 4) is 11.5 Å². The second-order valence-corrected chi connectivity index (χ2v) is 6.94. The molecule has 3 N–H and O–H groups in total. The van der Waals surface area contributed by atoms with Crippen LogP contribution in [0.1, 0.15) is 21.7 Å². The van der Waals surface area contributed by atoms with Crippen molar-refractivity contribution in [2.75, 3.05) is 26.2 Å². The van der Waals surface area contributed by atoms with Gasteiger partial charge in [-0.15, -0.1) is 10.2 Å². The van der Waals surface area contributed by atoms with Gasteiger partial charge in [0.25, 0.3) is 5.91 Å². The topological polar surface area (TPSA) is 111 Å². The molecule has 1 amide bonds. The number of nitrogens with one attached hydrogen (secondary N) is 1. The van der Waals surface area contributed by atoms with Gasteiger partial charge in [0.05, 0.1) is 16.8 Å². The van der Waals surface area contributed by atoms with E-state index in [4.69, 9.17) is 4.42 Å². The number of fused-ring (bicyclic) bond motifs is 2. The van der Waals surface area contributed by atoms with Crippen LogP contribution in [0, 0.1) is 0 Å². The van der Waals surface area contributed by atoms with Gasteiger partial charge in [0.15, 0.2) is 17.1 Å². The van der Waals surface area contributed by atoms with Crippen LogP contribution in [0.2, 0.25) is 0 Å². The summed E-state index contributed by atoms with van der Waals surface area (Å²) in [4.78, 5) is 14.7. The number of amides is 1. The Morgan fingerprint density at radius 1 is 1.10 bits per heavy atom. The maximum atomic E-state index is 13.0. The van der Waals surface area contributed by atoms with Crippen molar-refractivity contribution in [1.29, 1.82) is 0 Å². The molecule has 29 heavy (non-hydrogen) atoms. The Bertz CT molecular complexity index is 1190. The summed E-state index contributed by atoms with van der Waals surface area (Å²) in [6.45, 7) is 2.45. The summed E-state index contributed by atoms with van der Waals surface area (Å²) in [5.41, 5.74) is 2.32. The van der Waals surface area contributed by atoms with Gasteiger partial charge in [0.1, 0.15) is 11.3 Å². The molecule has 3 aromatic rings. The van der Waals surface area contributed by atoms with Crippen LogP contribution in [-0.4, -0.2) is 47.2 Å². The van der Waals surface area contributed by atoms with Crippen LogP contribution in [0.15, 0.2) is 51.0 Å². The lowest BCUT2D eigenvalue weighted by atomic mass is 10.1. The molecule has 0 radical (unpaired) electrons. The first-order valence-electron chi connectivity index (χ1n) is 9.34. The first-order chi connectivity index (χ1) is 14.1. The van der Waals surface area contributed by atoms with Crippen LogP contribution in [0.4, 0.5) is 5.69 Å². The highest BCUT2D eigenvalue weighted by Gasteiger charge is 2.27. The zero-order valence-electron chi connectivity index (χ0n) is 15.4. The van der Waals surface area contributed by atoms with Gasteiger partial charge in [-0.05, 0) is 18.2 Å². The average Bonchev–Trinajstić information content (AvgIpc) is 3.30. The Morgan fingerprint density at radius 3 is 2.72 bits per heavy atom. The molecule has 0 saturated carbocycles. The van der Waals surface area contributed by atoms with Crippen molar-refractivity contribution in [3.05, 3.63) is 53.3 Å². The van der Waals surface area contributed by atoms with Gasteiger partial charge < -0.3 is 24.8 Å². The van der Waals surface area contributed by atoms with Crippen molar-refractivity contribution in [2.45, 2.75) is 0 Å². The summed E-state index contributed by atoms with van der Waals surface area (Å²) in [6.07, 6.45) is 1.58. The summed E-state index contributed by atoms with van der Waals surface area (Å²) < 4.78 is 5.85. The fourth-order valence-corrected chi connectivity index (χ4v) is 3.66. The van der Waals surface area contributed by atoms with E-state index >= 15 is 0 Å². The largest absolute Gasteiger partial charge is 0.507 e. The molecule has 8 nitrogen and oxygen atoms in total. The van der Waals surface area contributed by atoms with Crippen molar-refractivity contribution in [1.82, 2.24) is 10.2 Å². The predicted octanol–water partition coefficient (Wildman–Crippen LogP) is 3.48. The van der Waals surface area contributed by atoms with Crippen LogP contribution in [0.25, 0.3) is 22.7 Å². The summed E-state index contributed by atoms with van der Waals surface area (Å²) in [7, 11) is 0. The minimum absolute atomic E-state index is 0.0535. The molecule has 1 saturated heterocycles. The van der Waals surface area contributed by atoms with Crippen molar-refractivity contribution >= 4 is 34.3 Å². The molecule has 0 atom stereocenters. The van der Waals surface area contributed by atoms with E-state index in [1.54, 1.807) is 11.0 Å². The first kappa shape index (κ1) is 17.4. The number of aromatic hydroxyl groups is 2. The lowest BCUT2D eigenvalue weighted by Crippen LogP contribution is -2.46. The zero-order valence-corrected chi connectivity index (χ0v) is 15.4. The van der Waals surface area contributed by atoms with Crippen LogP contribution >= 0.6 is 0 Å². The fraction of sp³-hybridized carbons (Fsp3) is 0.190. The fourth-order valence-electron chi connectivity index (χ4n) is 3.66. The van der Waals surface area contributed by atoms with E-state index in [2.05, 4.69) is 15.5 Å². The number of phenols is 1. The Hall–Kier alpha value is -3.65. The van der Waals surface area contributed by atoms with Gasteiger partial charge >= 0.3 is 0 Å². The number of piperazine rings is 1. The molecule has 2 aliphatic heterocycles. The third kappa shape index (κ3) is 2.85. The molecule has 5 rings (SSSR count). The maximum Gasteiger partial charge on any atom is 0.261 e. The molecule has 8 heteroatoms. The smallest absolute Gasteiger partial charge is 0.261 e. The number of nitrogens with zero attached hydrogens (tertiary/aromatic N) is 3. The van der Waals surface area contributed by atoms with Gasteiger partial charge in [0, 0.05) is 37.8 Å². The lowest BCUT2D eigenvalue weighted by molar-refractivity contribution is 0.0733. The summed E-state index contributed by atoms with van der Waals surface area (Å²) in [5, 5.41) is 32.8. The molecule has 1 fully saturated rings. The Balaban J connectivity index is 1.61. The normalized spacial score (nSPS) is 17.2. The highest BCUT2D eigenvalue weighted by Crippen LogP contribution is 2.41. The van der Waals surface area contributed by atoms with E-state index in [0.717, 1.165) is 11.3 Å². The van der Waals surface area contributed by atoms with Gasteiger partial charge in [-0.2, -0.15) is 0 Å². The molecular formula is C21H18N4O4. The molecule has 0 unspecified atom stereocenters. The average molecular weight is 390 g/mol. The number of hydrogen-bond acceptors (Lipinski definition) is 7. The molecule has 1 aromatic heterocycles. The molecule has 0 bridgehead atoms. The van der Waals surface area contributed by atoms with Crippen LogP contribution in [0.3, 0.4) is 0 Å². The Kier molecular flexibility index (Phi) is 4.06. The zero-order chi connectivity index (χ0) is 20.0. The second kappa shape index (κ2) is 6.75. The highest BCUT2D eigenvalue weighted by molar-refractivity contribution is 6.09. The Labute approximate surface area is 165 Å². The minimum atomic E-state index is -0.326. The number of azo groups is 1. The first-order valence-corrected chi connectivity index (χ1v) is 9.34. The summed E-state index contributed by atoms with van der Waals surface area (Å²) in [6, 6.07) is 10.4. The number of rotatable bonds is 2. The molecule has 2 aromatic carbocycles. The number of carbonyl (C=O) groups excluding carboxylic acids is 1. The minimum Gasteiger partial charge on any atom is -0.507 e. The third-order valence-corrected chi connectivity index (χ3v) is 5.17. The predicted molar refractivity (Wildman–Crippen MR) is 107 cm³/mol. The van der Waals surface area contributed by atoms with E-state index < -0.39 is 0 Å². The molecule has 0 spiro atoms. The number of carbonyl (C=O) groups is 1. The standard InChI is InChI=1S/C21H18N4O4/c26-16-6-5-13-19(27)17(11-15-12-3-1-2-4-14(12)23-24-15)29-20(13)18(16)21(28)25-9-7-22-8-10-25/h1-6,11,22,26-27H,7-10H2. The van der Waals surface area contributed by atoms with Crippen LogP contribution < -0.4 is 5.32 Å². The number of benzene rings is 2. The van der Waals surface area contributed by atoms with Gasteiger partial charge in [-0.25, -0.2) is 0 Å². The van der Waals surface area contributed by atoms with Gasteiger partial charge in [-0.3, -0.25) is 4.79 Å².